The van der Waals surface area contributed by atoms with Crippen LogP contribution < -0.4 is 0 Å². The predicted octanol–water partition coefficient (Wildman–Crippen LogP) is 13.6. The lowest BCUT2D eigenvalue weighted by Gasteiger charge is -2.17. The fourth-order valence-electron chi connectivity index (χ4n) is 7.82. The van der Waals surface area contributed by atoms with Gasteiger partial charge in [0.25, 0.3) is 0 Å². The summed E-state index contributed by atoms with van der Waals surface area (Å²) >= 11 is 1.84. The van der Waals surface area contributed by atoms with E-state index in [4.69, 9.17) is 4.98 Å². The molecule has 0 saturated carbocycles. The molecular formula is C48H31NS. The molecule has 0 unspecified atom stereocenters. The third kappa shape index (κ3) is 4.57. The van der Waals surface area contributed by atoms with Gasteiger partial charge in [-0.3, -0.25) is 0 Å². The second-order valence-corrected chi connectivity index (χ2v) is 14.2. The fraction of sp³-hybridized carbons (Fsp3) is 0.0208. The molecule has 0 fully saturated rings. The monoisotopic (exact) mass is 653 g/mol. The molecular weight excluding hydrogens is 623 g/mol. The maximum Gasteiger partial charge on any atom is 0.0888 e. The van der Waals surface area contributed by atoms with Gasteiger partial charge in [0.1, 0.15) is 0 Å². The zero-order valence-electron chi connectivity index (χ0n) is 27.4. The highest BCUT2D eigenvalue weighted by molar-refractivity contribution is 7.26. The molecule has 2 aromatic heterocycles. The molecule has 1 nitrogen and oxygen atoms in total. The van der Waals surface area contributed by atoms with Crippen molar-refractivity contribution in [3.05, 3.63) is 182 Å². The van der Waals surface area contributed by atoms with Crippen LogP contribution in [-0.2, 0) is 6.42 Å². The van der Waals surface area contributed by atoms with Crippen LogP contribution in [0.25, 0.3) is 91.7 Å². The van der Waals surface area contributed by atoms with Crippen molar-refractivity contribution in [3.8, 4) is 33.6 Å². The number of fused-ring (bicyclic) bond motifs is 12. The van der Waals surface area contributed by atoms with Crippen molar-refractivity contribution in [2.24, 2.45) is 0 Å². The summed E-state index contributed by atoms with van der Waals surface area (Å²) in [7, 11) is 0. The first kappa shape index (κ1) is 28.9. The van der Waals surface area contributed by atoms with Gasteiger partial charge in [-0.15, -0.1) is 11.3 Å². The molecule has 2 heterocycles. The maximum absolute atomic E-state index is 5.55. The summed E-state index contributed by atoms with van der Waals surface area (Å²) < 4.78 is 2.50. The second-order valence-electron chi connectivity index (χ2n) is 13.1. The average molecular weight is 654 g/mol. The Labute approximate surface area is 294 Å². The van der Waals surface area contributed by atoms with E-state index in [1.54, 1.807) is 0 Å². The van der Waals surface area contributed by atoms with Crippen molar-refractivity contribution in [2.75, 3.05) is 0 Å². The van der Waals surface area contributed by atoms with Gasteiger partial charge in [0.05, 0.1) is 16.1 Å². The van der Waals surface area contributed by atoms with E-state index in [-0.39, 0.29) is 0 Å². The van der Waals surface area contributed by atoms with E-state index < -0.39 is 0 Å². The predicted molar refractivity (Wildman–Crippen MR) is 217 cm³/mol. The van der Waals surface area contributed by atoms with Gasteiger partial charge in [-0.25, -0.2) is 4.98 Å². The quantitative estimate of drug-likeness (QED) is 0.169. The molecule has 7 aromatic carbocycles. The molecule has 0 atom stereocenters. The van der Waals surface area contributed by atoms with Crippen LogP contribution in [0.15, 0.2) is 170 Å². The zero-order chi connectivity index (χ0) is 33.2. The van der Waals surface area contributed by atoms with Gasteiger partial charge < -0.3 is 0 Å². The molecule has 2 heteroatoms. The van der Waals surface area contributed by atoms with Crippen LogP contribution >= 0.6 is 11.3 Å². The first-order chi connectivity index (χ1) is 24.7. The normalized spacial score (nSPS) is 14.3. The fourth-order valence-corrected chi connectivity index (χ4v) is 9.01. The highest BCUT2D eigenvalue weighted by atomic mass is 32.1. The largest absolute Gasteiger partial charge is 0.246 e. The molecule has 9 aromatic rings. The summed E-state index contributed by atoms with van der Waals surface area (Å²) in [5.41, 5.74) is 10.1. The van der Waals surface area contributed by atoms with Gasteiger partial charge in [-0.05, 0) is 90.8 Å². The van der Waals surface area contributed by atoms with E-state index in [0.717, 1.165) is 40.1 Å². The number of thiophene rings is 1. The molecule has 1 aliphatic carbocycles. The highest BCUT2D eigenvalue weighted by Crippen LogP contribution is 2.44. The summed E-state index contributed by atoms with van der Waals surface area (Å²) in [5.74, 6) is 0. The number of aromatic nitrogens is 1. The van der Waals surface area contributed by atoms with Crippen molar-refractivity contribution in [1.82, 2.24) is 4.98 Å². The van der Waals surface area contributed by atoms with Gasteiger partial charge in [-0.2, -0.15) is 0 Å². The molecule has 10 rings (SSSR count). The number of pyridine rings is 1. The molecule has 0 spiro atoms. The van der Waals surface area contributed by atoms with Crippen LogP contribution in [0.3, 0.4) is 0 Å². The Balaban J connectivity index is 1.24. The molecule has 0 radical (unpaired) electrons. The number of nitrogens with zero attached hydrogens (tertiary/aromatic N) is 1. The number of rotatable bonds is 2. The Hall–Kier alpha value is -6.09. The van der Waals surface area contributed by atoms with E-state index in [1.165, 1.54) is 69.2 Å². The Kier molecular flexibility index (Phi) is 6.65. The third-order valence-electron chi connectivity index (χ3n) is 10.2. The number of allylic oxidation sites excluding steroid dienone is 5. The van der Waals surface area contributed by atoms with E-state index >= 15 is 0 Å². The molecule has 50 heavy (non-hydrogen) atoms. The summed E-state index contributed by atoms with van der Waals surface area (Å²) in [6.45, 7) is 4.41. The molecule has 1 aliphatic rings. The first-order valence-electron chi connectivity index (χ1n) is 17.1. The molecule has 0 N–H and O–H groups in total. The Bertz CT molecular complexity index is 2880. The van der Waals surface area contributed by atoms with Crippen molar-refractivity contribution in [3.63, 3.8) is 0 Å². The number of hydrogen-bond donors (Lipinski definition) is 0. The van der Waals surface area contributed by atoms with Crippen LogP contribution in [0.2, 0.25) is 0 Å². The zero-order valence-corrected chi connectivity index (χ0v) is 28.2. The van der Waals surface area contributed by atoms with Crippen molar-refractivity contribution in [1.29, 1.82) is 0 Å². The SMILES string of the molecule is C=C1/C=C\C=C/Cc2ccc(-c3cc4c(sc5ccccc54)c(-c4ccc5c6ccccc6c6ccccc6c5c4)n3)cc2-c2ccccc21. The Morgan fingerprint density at radius 2 is 1.14 bits per heavy atom. The highest BCUT2D eigenvalue weighted by Gasteiger charge is 2.19. The van der Waals surface area contributed by atoms with Gasteiger partial charge in [0, 0.05) is 26.6 Å². The Morgan fingerprint density at radius 3 is 1.92 bits per heavy atom. The van der Waals surface area contributed by atoms with Gasteiger partial charge in [0.15, 0.2) is 0 Å². The van der Waals surface area contributed by atoms with Crippen molar-refractivity contribution < 1.29 is 0 Å². The lowest BCUT2D eigenvalue weighted by atomic mass is 9.88. The van der Waals surface area contributed by atoms with E-state index in [9.17, 15) is 0 Å². The first-order valence-corrected chi connectivity index (χ1v) is 17.9. The Morgan fingerprint density at radius 1 is 0.500 bits per heavy atom. The van der Waals surface area contributed by atoms with Gasteiger partial charge in [0.2, 0.25) is 0 Å². The summed E-state index contributed by atoms with van der Waals surface area (Å²) in [4.78, 5) is 5.55. The van der Waals surface area contributed by atoms with E-state index in [0.29, 0.717) is 0 Å². The molecule has 0 aliphatic heterocycles. The second kappa shape index (κ2) is 11.5. The lowest BCUT2D eigenvalue weighted by Crippen LogP contribution is -1.96. The minimum Gasteiger partial charge on any atom is -0.246 e. The van der Waals surface area contributed by atoms with Crippen molar-refractivity contribution in [2.45, 2.75) is 6.42 Å². The topological polar surface area (TPSA) is 12.9 Å². The van der Waals surface area contributed by atoms with E-state index in [1.807, 2.05) is 11.3 Å². The minimum absolute atomic E-state index is 0.855. The van der Waals surface area contributed by atoms with Crippen LogP contribution in [0, 0.1) is 0 Å². The van der Waals surface area contributed by atoms with Gasteiger partial charge >= 0.3 is 0 Å². The number of hydrogen-bond acceptors (Lipinski definition) is 2. The smallest absolute Gasteiger partial charge is 0.0888 e. The van der Waals surface area contributed by atoms with Gasteiger partial charge in [-0.1, -0.05) is 146 Å². The van der Waals surface area contributed by atoms with Crippen LogP contribution in [0.1, 0.15) is 11.1 Å². The summed E-state index contributed by atoms with van der Waals surface area (Å²) in [6.07, 6.45) is 9.39. The molecule has 0 amide bonds. The van der Waals surface area contributed by atoms with E-state index in [2.05, 4.69) is 170 Å². The summed E-state index contributed by atoms with van der Waals surface area (Å²) in [5, 5.41) is 10.2. The molecule has 0 saturated heterocycles. The minimum atomic E-state index is 0.855. The number of benzene rings is 7. The maximum atomic E-state index is 5.55. The lowest BCUT2D eigenvalue weighted by molar-refractivity contribution is 1.26. The average Bonchev–Trinajstić information content (AvgIpc) is 3.56. The summed E-state index contributed by atoms with van der Waals surface area (Å²) in [6, 6.07) is 51.0. The molecule has 234 valence electrons. The van der Waals surface area contributed by atoms with Crippen LogP contribution in [0.5, 0.6) is 0 Å². The van der Waals surface area contributed by atoms with Crippen LogP contribution in [0.4, 0.5) is 0 Å². The molecule has 0 bridgehead atoms. The third-order valence-corrected chi connectivity index (χ3v) is 11.4. The van der Waals surface area contributed by atoms with Crippen LogP contribution in [-0.4, -0.2) is 4.98 Å². The standard InChI is InChI=1S/C48H31NS/c1-30-13-3-2-4-14-31-23-24-32(27-42(31)35-16-6-5-15-34(30)35)45-29-44-41-21-11-12-22-46(41)50-48(44)47(49-45)33-25-26-40-38-19-8-7-17-36(38)37-18-9-10-20-39(37)43(40)28-33/h2-13,15-29H,1,14H2/b4-2-,13-3-. The van der Waals surface area contributed by atoms with Crippen molar-refractivity contribution >= 4 is 69.4 Å².